The van der Waals surface area contributed by atoms with Crippen molar-refractivity contribution < 1.29 is 9.59 Å². The number of imidazole rings is 2. The van der Waals surface area contributed by atoms with Crippen LogP contribution in [0.1, 0.15) is 11.1 Å². The summed E-state index contributed by atoms with van der Waals surface area (Å²) >= 11 is 0. The van der Waals surface area contributed by atoms with Gasteiger partial charge in [0.1, 0.15) is 23.2 Å². The first-order valence-electron chi connectivity index (χ1n) is 9.52. The highest BCUT2D eigenvalue weighted by atomic mass is 31.1. The van der Waals surface area contributed by atoms with E-state index in [2.05, 4.69) is 56.3 Å². The molecule has 2 unspecified atom stereocenters. The van der Waals surface area contributed by atoms with Crippen LogP contribution in [0.5, 0.6) is 0 Å². The van der Waals surface area contributed by atoms with Gasteiger partial charge in [0.25, 0.3) is 0 Å². The molecule has 5 rings (SSSR count). The lowest BCUT2D eigenvalue weighted by atomic mass is 9.83. The van der Waals surface area contributed by atoms with Crippen LogP contribution >= 0.6 is 17.2 Å². The maximum absolute atomic E-state index is 10.7. The van der Waals surface area contributed by atoms with Gasteiger partial charge in [-0.05, 0) is 58.4 Å². The molecule has 0 saturated carbocycles. The third-order valence-corrected chi connectivity index (χ3v) is 6.62. The zero-order valence-electron chi connectivity index (χ0n) is 15.9. The Morgan fingerprint density at radius 3 is 1.63 bits per heavy atom. The van der Waals surface area contributed by atoms with Gasteiger partial charge < -0.3 is 9.97 Å². The predicted octanol–water partition coefficient (Wildman–Crippen LogP) is 3.22. The summed E-state index contributed by atoms with van der Waals surface area (Å²) in [4.78, 5) is 36.4. The average molecular weight is 432 g/mol. The molecule has 2 aromatic heterocycles. The van der Waals surface area contributed by atoms with Crippen LogP contribution in [0, 0.1) is 0 Å². The molecule has 0 fully saturated rings. The highest BCUT2D eigenvalue weighted by Crippen LogP contribution is 2.37. The van der Waals surface area contributed by atoms with Crippen molar-refractivity contribution in [3.63, 3.8) is 0 Å². The topological polar surface area (TPSA) is 91.5 Å². The summed E-state index contributed by atoms with van der Waals surface area (Å²) in [5, 5.41) is 0. The summed E-state index contributed by atoms with van der Waals surface area (Å²) in [7, 11) is 0.104. The summed E-state index contributed by atoms with van der Waals surface area (Å²) < 4.78 is 0. The number of rotatable bonds is 6. The fourth-order valence-corrected chi connectivity index (χ4v) is 4.84. The molecule has 2 N–H and O–H groups in total. The van der Waals surface area contributed by atoms with Gasteiger partial charge in [-0.15, -0.1) is 0 Å². The van der Waals surface area contributed by atoms with Crippen molar-refractivity contribution in [3.8, 4) is 33.6 Å². The van der Waals surface area contributed by atoms with Gasteiger partial charge in [-0.2, -0.15) is 0 Å². The second kappa shape index (κ2) is 8.06. The number of nitrogens with zero attached hydrogens (tertiary/aromatic N) is 2. The standard InChI is InChI=1S/C22H18N4O2P2/c27-11-29-21-23-9-19(25-21)15-3-5-17-13(7-15)1-2-14-8-16(4-6-18(14)17)20-10-24-22(26-20)30-12-28/h3-12,29-30H,1-2H2,(H,23,25)(H,24,26). The van der Waals surface area contributed by atoms with Gasteiger partial charge in [0.05, 0.1) is 23.8 Å². The first-order chi connectivity index (χ1) is 14.7. The van der Waals surface area contributed by atoms with Gasteiger partial charge in [-0.25, -0.2) is 9.97 Å². The molecule has 2 aromatic carbocycles. The molecular formula is C22H18N4O2P2. The van der Waals surface area contributed by atoms with Crippen LogP contribution in [0.25, 0.3) is 33.6 Å². The summed E-state index contributed by atoms with van der Waals surface area (Å²) in [6.45, 7) is 0. The van der Waals surface area contributed by atoms with Crippen LogP contribution in [0.3, 0.4) is 0 Å². The van der Waals surface area contributed by atoms with Gasteiger partial charge in [0.15, 0.2) is 0 Å². The lowest BCUT2D eigenvalue weighted by Gasteiger charge is -2.21. The zero-order valence-corrected chi connectivity index (χ0v) is 17.9. The number of hydrogen-bond acceptors (Lipinski definition) is 4. The lowest BCUT2D eigenvalue weighted by Crippen LogP contribution is -2.05. The number of benzene rings is 2. The molecule has 1 aliphatic rings. The van der Waals surface area contributed by atoms with Crippen LogP contribution in [-0.2, 0) is 22.4 Å². The number of H-pyrrole nitrogens is 2. The van der Waals surface area contributed by atoms with Gasteiger partial charge in [-0.1, -0.05) is 24.3 Å². The van der Waals surface area contributed by atoms with E-state index in [1.807, 2.05) is 0 Å². The Kier molecular flexibility index (Phi) is 5.12. The first kappa shape index (κ1) is 19.0. The van der Waals surface area contributed by atoms with E-state index in [-0.39, 0.29) is 17.2 Å². The predicted molar refractivity (Wildman–Crippen MR) is 124 cm³/mol. The van der Waals surface area contributed by atoms with Crippen molar-refractivity contribution >= 4 is 40.3 Å². The fourth-order valence-electron chi connectivity index (χ4n) is 3.93. The number of aromatic amines is 2. The molecule has 6 nitrogen and oxygen atoms in total. The normalized spacial score (nSPS) is 13.1. The molecule has 1 aliphatic carbocycles. The Labute approximate surface area is 176 Å². The Balaban J connectivity index is 1.46. The van der Waals surface area contributed by atoms with E-state index in [1.54, 1.807) is 12.4 Å². The van der Waals surface area contributed by atoms with Crippen LogP contribution in [0.15, 0.2) is 48.8 Å². The number of hydrogen-bond donors (Lipinski definition) is 2. The summed E-state index contributed by atoms with van der Waals surface area (Å²) in [5.74, 6) is 0. The minimum atomic E-state index is 0.0519. The molecule has 0 spiro atoms. The fraction of sp³-hybridized carbons (Fsp3) is 0.0909. The van der Waals surface area contributed by atoms with E-state index < -0.39 is 0 Å². The molecule has 2 heterocycles. The molecule has 0 aliphatic heterocycles. The number of nitrogens with one attached hydrogen (secondary N) is 2. The second-order valence-electron chi connectivity index (χ2n) is 7.06. The summed E-state index contributed by atoms with van der Waals surface area (Å²) in [6, 6.07) is 14.7. The van der Waals surface area contributed by atoms with E-state index in [9.17, 15) is 9.59 Å². The summed E-state index contributed by atoms with van der Waals surface area (Å²) in [5.41, 5.74) is 10.6. The minimum Gasteiger partial charge on any atom is -0.338 e. The molecule has 8 heteroatoms. The average Bonchev–Trinajstić information content (AvgIpc) is 3.43. The number of aryl methyl sites for hydroxylation is 2. The summed E-state index contributed by atoms with van der Waals surface area (Å²) in [6.07, 6.45) is 5.52. The molecule has 2 atom stereocenters. The van der Waals surface area contributed by atoms with E-state index in [0.717, 1.165) is 47.4 Å². The van der Waals surface area contributed by atoms with Crippen LogP contribution in [0.2, 0.25) is 0 Å². The third kappa shape index (κ3) is 3.54. The van der Waals surface area contributed by atoms with E-state index >= 15 is 0 Å². The molecule has 30 heavy (non-hydrogen) atoms. The van der Waals surface area contributed by atoms with Crippen LogP contribution < -0.4 is 11.1 Å². The van der Waals surface area contributed by atoms with Gasteiger partial charge in [-0.3, -0.25) is 9.59 Å². The molecule has 4 aromatic rings. The Morgan fingerprint density at radius 1 is 0.733 bits per heavy atom. The second-order valence-corrected chi connectivity index (χ2v) is 9.06. The maximum Gasteiger partial charge on any atom is 0.146 e. The maximum atomic E-state index is 10.7. The van der Waals surface area contributed by atoms with E-state index in [4.69, 9.17) is 0 Å². The van der Waals surface area contributed by atoms with Gasteiger partial charge in [0.2, 0.25) is 0 Å². The zero-order chi connectivity index (χ0) is 20.5. The Morgan fingerprint density at radius 2 is 1.20 bits per heavy atom. The van der Waals surface area contributed by atoms with Crippen molar-refractivity contribution in [2.75, 3.05) is 0 Å². The van der Waals surface area contributed by atoms with Crippen molar-refractivity contribution in [1.82, 2.24) is 19.9 Å². The van der Waals surface area contributed by atoms with E-state index in [0.29, 0.717) is 11.1 Å². The van der Waals surface area contributed by atoms with Crippen molar-refractivity contribution in [1.29, 1.82) is 0 Å². The lowest BCUT2D eigenvalue weighted by molar-refractivity contribution is 0.569. The Hall–Kier alpha value is -2.94. The van der Waals surface area contributed by atoms with Gasteiger partial charge >= 0.3 is 0 Å². The highest BCUT2D eigenvalue weighted by Gasteiger charge is 2.18. The highest BCUT2D eigenvalue weighted by molar-refractivity contribution is 7.62. The molecule has 0 bridgehead atoms. The number of carbonyl (C=O) groups excluding carboxylic acids is 2. The molecule has 148 valence electrons. The molecule has 0 amide bonds. The SMILES string of the molecule is O=CPc1ncc(-c2ccc3c(c2)CCc2cc(-c4cnc(PC=O)[nH]4)ccc2-3)[nH]1. The quantitative estimate of drug-likeness (QED) is 0.362. The van der Waals surface area contributed by atoms with Crippen molar-refractivity contribution in [2.45, 2.75) is 12.8 Å². The molecule has 0 saturated heterocycles. The first-order valence-corrected chi connectivity index (χ1v) is 11.7. The minimum absolute atomic E-state index is 0.0519. The smallest absolute Gasteiger partial charge is 0.146 e. The number of aromatic nitrogens is 4. The monoisotopic (exact) mass is 432 g/mol. The van der Waals surface area contributed by atoms with Crippen LogP contribution in [-0.4, -0.2) is 32.0 Å². The van der Waals surface area contributed by atoms with Crippen LogP contribution in [0.4, 0.5) is 0 Å². The number of fused-ring (bicyclic) bond motifs is 3. The third-order valence-electron chi connectivity index (χ3n) is 5.33. The molecular weight excluding hydrogens is 414 g/mol. The van der Waals surface area contributed by atoms with Crippen molar-refractivity contribution in [2.24, 2.45) is 0 Å². The number of carbonyl (C=O) groups is 2. The van der Waals surface area contributed by atoms with Crippen molar-refractivity contribution in [3.05, 3.63) is 59.9 Å². The van der Waals surface area contributed by atoms with Gasteiger partial charge in [0, 0.05) is 17.2 Å². The molecule has 0 radical (unpaired) electrons. The Bertz CT molecular complexity index is 1160. The van der Waals surface area contributed by atoms with E-state index in [1.165, 1.54) is 22.3 Å². The largest absolute Gasteiger partial charge is 0.338 e.